The molecule has 0 atom stereocenters. The molecule has 1 heterocycles. The van der Waals surface area contributed by atoms with Gasteiger partial charge in [0, 0.05) is 22.0 Å². The minimum absolute atomic E-state index is 0.998. The zero-order chi connectivity index (χ0) is 9.26. The number of fused-ring (bicyclic) bond motifs is 1. The van der Waals surface area contributed by atoms with Crippen LogP contribution in [0.5, 0.6) is 0 Å². The van der Waals surface area contributed by atoms with Crippen molar-refractivity contribution in [2.45, 2.75) is 11.8 Å². The summed E-state index contributed by atoms with van der Waals surface area (Å²) in [4.78, 5) is 4.14. The number of benzene rings is 1. The molecule has 0 bridgehead atoms. The van der Waals surface area contributed by atoms with Gasteiger partial charge in [0.1, 0.15) is 5.40 Å². The lowest BCUT2D eigenvalue weighted by Crippen LogP contribution is -1.71. The molecule has 0 amide bonds. The Morgan fingerprint density at radius 3 is 3.08 bits per heavy atom. The smallest absolute Gasteiger partial charge is 0.138 e. The Balaban J connectivity index is 2.63. The number of hydrogen-bond acceptors (Lipinski definition) is 2. The Kier molecular flexibility index (Phi) is 1.99. The van der Waals surface area contributed by atoms with E-state index in [1.807, 2.05) is 12.3 Å². The van der Waals surface area contributed by atoms with E-state index in [2.05, 4.69) is 29.4 Å². The van der Waals surface area contributed by atoms with Crippen LogP contribution in [-0.2, 0) is 0 Å². The summed E-state index contributed by atoms with van der Waals surface area (Å²) in [5.74, 6) is 0. The monoisotopic (exact) mass is 188 g/mol. The van der Waals surface area contributed by atoms with Crippen LogP contribution in [0.1, 0.15) is 5.56 Å². The second kappa shape index (κ2) is 3.15. The number of nitrogens with one attached hydrogen (secondary N) is 1. The highest BCUT2D eigenvalue weighted by Crippen LogP contribution is 2.27. The Morgan fingerprint density at radius 1 is 1.46 bits per heavy atom. The molecule has 2 nitrogen and oxygen atoms in total. The van der Waals surface area contributed by atoms with Crippen LogP contribution in [0.2, 0.25) is 0 Å². The average Bonchev–Trinajstić information content (AvgIpc) is 2.49. The van der Waals surface area contributed by atoms with Crippen LogP contribution in [0, 0.1) is 17.6 Å². The number of hydrogen-bond donors (Lipinski definition) is 1. The zero-order valence-electron chi connectivity index (χ0n) is 7.16. The number of aromatic nitrogens is 1. The van der Waals surface area contributed by atoms with Crippen molar-refractivity contribution < 1.29 is 0 Å². The summed E-state index contributed by atoms with van der Waals surface area (Å²) in [6.07, 6.45) is 1.87. The molecule has 0 radical (unpaired) electrons. The molecule has 0 aliphatic rings. The number of thiocyanates is 1. The SMILES string of the molecule is Cc1ccc2c(SC#N)c[nH]c2c1. The van der Waals surface area contributed by atoms with Gasteiger partial charge in [-0.3, -0.25) is 0 Å². The predicted molar refractivity (Wildman–Crippen MR) is 54.5 cm³/mol. The maximum Gasteiger partial charge on any atom is 0.138 e. The van der Waals surface area contributed by atoms with Gasteiger partial charge in [0.15, 0.2) is 0 Å². The quantitative estimate of drug-likeness (QED) is 0.552. The first kappa shape index (κ1) is 8.21. The summed E-state index contributed by atoms with van der Waals surface area (Å²) in [7, 11) is 0. The predicted octanol–water partition coefficient (Wildman–Crippen LogP) is 3.05. The molecule has 1 aromatic carbocycles. The van der Waals surface area contributed by atoms with E-state index in [-0.39, 0.29) is 0 Å². The molecule has 13 heavy (non-hydrogen) atoms. The lowest BCUT2D eigenvalue weighted by Gasteiger charge is -1.93. The molecule has 0 spiro atoms. The van der Waals surface area contributed by atoms with Gasteiger partial charge in [-0.15, -0.1) is 0 Å². The van der Waals surface area contributed by atoms with Gasteiger partial charge in [-0.1, -0.05) is 12.1 Å². The van der Waals surface area contributed by atoms with E-state index >= 15 is 0 Å². The number of H-pyrrole nitrogens is 1. The van der Waals surface area contributed by atoms with E-state index < -0.39 is 0 Å². The molecule has 0 unspecified atom stereocenters. The van der Waals surface area contributed by atoms with Gasteiger partial charge in [0.2, 0.25) is 0 Å². The molecule has 0 aliphatic heterocycles. The molecule has 64 valence electrons. The van der Waals surface area contributed by atoms with E-state index in [0.29, 0.717) is 0 Å². The molecule has 2 aromatic rings. The van der Waals surface area contributed by atoms with Crippen LogP contribution in [0.25, 0.3) is 10.9 Å². The first-order valence-electron chi connectivity index (χ1n) is 3.95. The summed E-state index contributed by atoms with van der Waals surface area (Å²) in [6.45, 7) is 2.05. The van der Waals surface area contributed by atoms with E-state index in [1.165, 1.54) is 17.3 Å². The van der Waals surface area contributed by atoms with E-state index in [9.17, 15) is 0 Å². The van der Waals surface area contributed by atoms with E-state index in [1.54, 1.807) is 0 Å². The second-order valence-corrected chi connectivity index (χ2v) is 3.72. The first-order chi connectivity index (χ1) is 6.31. The Labute approximate surface area is 80.6 Å². The third-order valence-electron chi connectivity index (χ3n) is 1.95. The third kappa shape index (κ3) is 1.41. The van der Waals surface area contributed by atoms with Crippen molar-refractivity contribution in [2.24, 2.45) is 0 Å². The Hall–Kier alpha value is -1.40. The van der Waals surface area contributed by atoms with Crippen LogP contribution in [0.15, 0.2) is 29.3 Å². The standard InChI is InChI=1S/C10H8N2S/c1-7-2-3-8-9(4-7)12-5-10(8)13-6-11/h2-5,12H,1H3. The van der Waals surface area contributed by atoms with Gasteiger partial charge < -0.3 is 4.98 Å². The van der Waals surface area contributed by atoms with Gasteiger partial charge in [-0.05, 0) is 30.3 Å². The van der Waals surface area contributed by atoms with Crippen molar-refractivity contribution in [3.05, 3.63) is 30.0 Å². The molecular weight excluding hydrogens is 180 g/mol. The lowest BCUT2D eigenvalue weighted by molar-refractivity contribution is 1.41. The third-order valence-corrected chi connectivity index (χ3v) is 2.60. The lowest BCUT2D eigenvalue weighted by atomic mass is 10.2. The molecule has 2 rings (SSSR count). The molecule has 0 saturated heterocycles. The van der Waals surface area contributed by atoms with Crippen molar-refractivity contribution in [1.29, 1.82) is 5.26 Å². The number of aryl methyl sites for hydroxylation is 1. The highest BCUT2D eigenvalue weighted by atomic mass is 32.2. The van der Waals surface area contributed by atoms with E-state index in [0.717, 1.165) is 15.8 Å². The first-order valence-corrected chi connectivity index (χ1v) is 4.76. The van der Waals surface area contributed by atoms with Crippen molar-refractivity contribution >= 4 is 22.7 Å². The number of rotatable bonds is 1. The Morgan fingerprint density at radius 2 is 2.31 bits per heavy atom. The molecule has 0 aliphatic carbocycles. The fourth-order valence-electron chi connectivity index (χ4n) is 1.35. The van der Waals surface area contributed by atoms with Gasteiger partial charge in [0.05, 0.1) is 0 Å². The minimum atomic E-state index is 0.998. The summed E-state index contributed by atoms with van der Waals surface area (Å²) >= 11 is 1.19. The normalized spacial score (nSPS) is 10.2. The van der Waals surface area contributed by atoms with Gasteiger partial charge >= 0.3 is 0 Å². The number of nitrogens with zero attached hydrogens (tertiary/aromatic N) is 1. The van der Waals surface area contributed by atoms with Gasteiger partial charge in [-0.25, -0.2) is 0 Å². The number of thioether (sulfide) groups is 1. The second-order valence-electron chi connectivity index (χ2n) is 2.90. The maximum absolute atomic E-state index is 8.55. The van der Waals surface area contributed by atoms with Crippen molar-refractivity contribution in [2.75, 3.05) is 0 Å². The maximum atomic E-state index is 8.55. The number of nitriles is 1. The molecule has 3 heteroatoms. The van der Waals surface area contributed by atoms with Gasteiger partial charge in [-0.2, -0.15) is 5.26 Å². The highest BCUT2D eigenvalue weighted by molar-refractivity contribution is 8.04. The minimum Gasteiger partial charge on any atom is -0.360 e. The molecular formula is C10H8N2S. The van der Waals surface area contributed by atoms with Gasteiger partial charge in [0.25, 0.3) is 0 Å². The van der Waals surface area contributed by atoms with Crippen molar-refractivity contribution in [3.8, 4) is 5.40 Å². The summed E-state index contributed by atoms with van der Waals surface area (Å²) in [6, 6.07) is 6.18. The fourth-order valence-corrected chi connectivity index (χ4v) is 1.85. The van der Waals surface area contributed by atoms with Crippen LogP contribution >= 0.6 is 11.8 Å². The van der Waals surface area contributed by atoms with Crippen molar-refractivity contribution in [1.82, 2.24) is 4.98 Å². The average molecular weight is 188 g/mol. The van der Waals surface area contributed by atoms with Crippen LogP contribution in [-0.4, -0.2) is 4.98 Å². The summed E-state index contributed by atoms with van der Waals surface area (Å²) in [5.41, 5.74) is 2.32. The molecule has 0 saturated carbocycles. The topological polar surface area (TPSA) is 39.6 Å². The van der Waals surface area contributed by atoms with Crippen LogP contribution in [0.4, 0.5) is 0 Å². The fraction of sp³-hybridized carbons (Fsp3) is 0.100. The van der Waals surface area contributed by atoms with Crippen LogP contribution < -0.4 is 0 Å². The summed E-state index contributed by atoms with van der Waals surface area (Å²) < 4.78 is 0. The Bertz CT molecular complexity index is 479. The molecule has 1 aromatic heterocycles. The molecule has 0 fully saturated rings. The zero-order valence-corrected chi connectivity index (χ0v) is 7.98. The largest absolute Gasteiger partial charge is 0.360 e. The molecule has 1 N–H and O–H groups in total. The number of aromatic amines is 1. The highest BCUT2D eigenvalue weighted by Gasteiger charge is 2.02. The van der Waals surface area contributed by atoms with Crippen molar-refractivity contribution in [3.63, 3.8) is 0 Å². The van der Waals surface area contributed by atoms with E-state index in [4.69, 9.17) is 5.26 Å². The van der Waals surface area contributed by atoms with Crippen LogP contribution in [0.3, 0.4) is 0 Å². The summed E-state index contributed by atoms with van der Waals surface area (Å²) in [5, 5.41) is 11.7.